The van der Waals surface area contributed by atoms with Crippen molar-refractivity contribution in [1.29, 1.82) is 0 Å². The molecule has 6 nitrogen and oxygen atoms in total. The van der Waals surface area contributed by atoms with Crippen LogP contribution in [0.4, 0.5) is 4.39 Å². The zero-order chi connectivity index (χ0) is 23.8. The lowest BCUT2D eigenvalue weighted by atomic mass is 10.1. The molecule has 0 aliphatic rings. The smallest absolute Gasteiger partial charge is 0.337 e. The molecule has 9 heteroatoms. The van der Waals surface area contributed by atoms with Gasteiger partial charge in [-0.3, -0.25) is 0 Å². The summed E-state index contributed by atoms with van der Waals surface area (Å²) < 4.78 is 22.7. The number of carbonyl (C=O) groups is 1. The van der Waals surface area contributed by atoms with Gasteiger partial charge in [0.15, 0.2) is 0 Å². The van der Waals surface area contributed by atoms with Crippen LogP contribution in [0.15, 0.2) is 48.8 Å². The number of halogens is 2. The molecule has 0 fully saturated rings. The average Bonchev–Trinajstić information content (AvgIpc) is 3.35. The Morgan fingerprint density at radius 2 is 2.00 bits per heavy atom. The van der Waals surface area contributed by atoms with Gasteiger partial charge in [-0.1, -0.05) is 31.2 Å². The molecule has 0 aliphatic carbocycles. The van der Waals surface area contributed by atoms with E-state index in [1.165, 1.54) is 12.1 Å². The summed E-state index contributed by atoms with van der Waals surface area (Å²) in [5.74, 6) is -1.75. The predicted octanol–water partition coefficient (Wildman–Crippen LogP) is 6.50. The molecule has 0 bridgehead atoms. The topological polar surface area (TPSA) is 80.1 Å². The largest absolute Gasteiger partial charge is 0.478 e. The third-order valence-electron chi connectivity index (χ3n) is 5.47. The van der Waals surface area contributed by atoms with Gasteiger partial charge < -0.3 is 19.4 Å². The fraction of sp³-hybridized carbons (Fsp3) is 0.250. The van der Waals surface area contributed by atoms with Crippen LogP contribution in [0.2, 0.25) is 30.7 Å². The molecule has 0 radical (unpaired) electrons. The molecule has 0 spiro atoms. The lowest BCUT2D eigenvalue weighted by molar-refractivity contribution is 0.0696. The SMILES string of the molecule is C[Si](C)(C)CCOCn1c(-c2ccnc3[nH]ccc23)cc(C(=O)O)c1-c1ccc(Cl)cc1F. The minimum Gasteiger partial charge on any atom is -0.478 e. The Morgan fingerprint density at radius 1 is 1.21 bits per heavy atom. The second-order valence-corrected chi connectivity index (χ2v) is 15.2. The van der Waals surface area contributed by atoms with Gasteiger partial charge in [0, 0.05) is 48.6 Å². The molecule has 1 aromatic carbocycles. The molecular formula is C24H25ClFN3O3Si. The average molecular weight is 486 g/mol. The highest BCUT2D eigenvalue weighted by atomic mass is 35.5. The van der Waals surface area contributed by atoms with Crippen molar-refractivity contribution in [3.05, 3.63) is 65.2 Å². The maximum absolute atomic E-state index is 15.0. The van der Waals surface area contributed by atoms with Crippen LogP contribution < -0.4 is 0 Å². The molecule has 0 saturated heterocycles. The van der Waals surface area contributed by atoms with E-state index in [2.05, 4.69) is 29.6 Å². The Morgan fingerprint density at radius 3 is 2.70 bits per heavy atom. The van der Waals surface area contributed by atoms with Gasteiger partial charge >= 0.3 is 5.97 Å². The van der Waals surface area contributed by atoms with E-state index in [9.17, 15) is 14.3 Å². The molecule has 0 amide bonds. The van der Waals surface area contributed by atoms with E-state index in [1.807, 2.05) is 12.1 Å². The molecule has 3 aromatic heterocycles. The van der Waals surface area contributed by atoms with Gasteiger partial charge in [-0.05, 0) is 42.4 Å². The van der Waals surface area contributed by atoms with E-state index in [4.69, 9.17) is 16.3 Å². The van der Waals surface area contributed by atoms with Gasteiger partial charge in [0.1, 0.15) is 18.2 Å². The van der Waals surface area contributed by atoms with Crippen molar-refractivity contribution in [2.45, 2.75) is 32.4 Å². The van der Waals surface area contributed by atoms with Crippen LogP contribution in [-0.4, -0.2) is 40.3 Å². The van der Waals surface area contributed by atoms with E-state index in [0.29, 0.717) is 17.9 Å². The Balaban J connectivity index is 1.90. The first-order valence-corrected chi connectivity index (χ1v) is 14.7. The number of ether oxygens (including phenoxy) is 1. The van der Waals surface area contributed by atoms with Gasteiger partial charge in [0.25, 0.3) is 0 Å². The first-order chi connectivity index (χ1) is 15.7. The van der Waals surface area contributed by atoms with Crippen molar-refractivity contribution in [2.75, 3.05) is 6.61 Å². The maximum atomic E-state index is 15.0. The fourth-order valence-electron chi connectivity index (χ4n) is 3.76. The number of nitrogens with zero attached hydrogens (tertiary/aromatic N) is 2. The van der Waals surface area contributed by atoms with Crippen LogP contribution in [0.5, 0.6) is 0 Å². The van der Waals surface area contributed by atoms with Crippen LogP contribution in [0.1, 0.15) is 10.4 Å². The van der Waals surface area contributed by atoms with E-state index in [-0.39, 0.29) is 28.6 Å². The normalized spacial score (nSPS) is 11.9. The van der Waals surface area contributed by atoms with Crippen molar-refractivity contribution < 1.29 is 19.0 Å². The minimum atomic E-state index is -1.32. The molecule has 4 aromatic rings. The first kappa shape index (κ1) is 23.2. The second kappa shape index (κ2) is 9.13. The lowest BCUT2D eigenvalue weighted by Crippen LogP contribution is -2.22. The number of aromatic nitrogens is 3. The van der Waals surface area contributed by atoms with E-state index < -0.39 is 19.9 Å². The number of aromatic carboxylic acids is 1. The third-order valence-corrected chi connectivity index (χ3v) is 7.41. The number of hydrogen-bond donors (Lipinski definition) is 2. The summed E-state index contributed by atoms with van der Waals surface area (Å²) in [6, 6.07) is 10.4. The maximum Gasteiger partial charge on any atom is 0.337 e. The van der Waals surface area contributed by atoms with Crippen LogP contribution >= 0.6 is 11.6 Å². The monoisotopic (exact) mass is 485 g/mol. The number of rotatable bonds is 8. The Hall–Kier alpha value is -2.94. The summed E-state index contributed by atoms with van der Waals surface area (Å²) in [7, 11) is -1.32. The standard InChI is InChI=1S/C24H25ClFN3O3Si/c1-33(2,3)11-10-32-14-29-21(16-6-8-27-23-17(16)7-9-28-23)13-19(24(30)31)22(29)18-5-4-15(25)12-20(18)26/h4-9,12-13H,10-11,14H2,1-3H3,(H,27,28)(H,30,31). The van der Waals surface area contributed by atoms with Crippen LogP contribution in [0, 0.1) is 5.82 Å². The summed E-state index contributed by atoms with van der Waals surface area (Å²) in [4.78, 5) is 19.6. The first-order valence-electron chi connectivity index (χ1n) is 10.6. The van der Waals surface area contributed by atoms with Gasteiger partial charge in [0.2, 0.25) is 0 Å². The highest BCUT2D eigenvalue weighted by Gasteiger charge is 2.25. The highest BCUT2D eigenvalue weighted by Crippen LogP contribution is 2.37. The Kier molecular flexibility index (Phi) is 6.42. The zero-order valence-electron chi connectivity index (χ0n) is 18.7. The lowest BCUT2D eigenvalue weighted by Gasteiger charge is -2.18. The Labute approximate surface area is 197 Å². The number of pyridine rings is 1. The quantitative estimate of drug-likeness (QED) is 0.220. The second-order valence-electron chi connectivity index (χ2n) is 9.10. The Bertz CT molecular complexity index is 1330. The minimum absolute atomic E-state index is 0.0134. The highest BCUT2D eigenvalue weighted by molar-refractivity contribution is 6.76. The number of fused-ring (bicyclic) bond motifs is 1. The van der Waals surface area contributed by atoms with Gasteiger partial charge in [-0.25, -0.2) is 14.2 Å². The molecule has 2 N–H and O–H groups in total. The number of carboxylic acids is 1. The summed E-state index contributed by atoms with van der Waals surface area (Å²) in [5.41, 5.74) is 2.43. The van der Waals surface area contributed by atoms with Gasteiger partial charge in [0.05, 0.1) is 17.0 Å². The van der Waals surface area contributed by atoms with Crippen LogP contribution in [-0.2, 0) is 11.5 Å². The summed E-state index contributed by atoms with van der Waals surface area (Å²) in [6.07, 6.45) is 3.43. The molecule has 4 rings (SSSR count). The van der Waals surface area contributed by atoms with Crippen LogP contribution in [0.3, 0.4) is 0 Å². The fourth-order valence-corrected chi connectivity index (χ4v) is 4.68. The van der Waals surface area contributed by atoms with E-state index in [1.54, 1.807) is 29.1 Å². The van der Waals surface area contributed by atoms with Crippen molar-refractivity contribution in [2.24, 2.45) is 0 Å². The summed E-state index contributed by atoms with van der Waals surface area (Å²) in [5, 5.41) is 11.1. The number of nitrogens with one attached hydrogen (secondary N) is 1. The summed E-state index contributed by atoms with van der Waals surface area (Å²) >= 11 is 5.95. The van der Waals surface area contributed by atoms with Crippen molar-refractivity contribution in [3.8, 4) is 22.5 Å². The molecule has 33 heavy (non-hydrogen) atoms. The molecule has 172 valence electrons. The number of carboxylic acid groups (broad SMARTS) is 1. The molecule has 0 saturated carbocycles. The molecule has 0 aliphatic heterocycles. The molecule has 3 heterocycles. The third kappa shape index (κ3) is 4.87. The number of aromatic amines is 1. The number of benzene rings is 1. The molecule has 0 atom stereocenters. The van der Waals surface area contributed by atoms with Crippen molar-refractivity contribution in [1.82, 2.24) is 14.5 Å². The van der Waals surface area contributed by atoms with E-state index >= 15 is 0 Å². The van der Waals surface area contributed by atoms with Crippen LogP contribution in [0.25, 0.3) is 33.5 Å². The number of hydrogen-bond acceptors (Lipinski definition) is 3. The van der Waals surface area contributed by atoms with Crippen molar-refractivity contribution >= 4 is 36.7 Å². The van der Waals surface area contributed by atoms with Gasteiger partial charge in [-0.2, -0.15) is 0 Å². The number of H-pyrrole nitrogens is 1. The van der Waals surface area contributed by atoms with Gasteiger partial charge in [-0.15, -0.1) is 0 Å². The van der Waals surface area contributed by atoms with Crippen molar-refractivity contribution in [3.63, 3.8) is 0 Å². The molecule has 0 unspecified atom stereocenters. The predicted molar refractivity (Wildman–Crippen MR) is 131 cm³/mol. The molecular weight excluding hydrogens is 461 g/mol. The zero-order valence-corrected chi connectivity index (χ0v) is 20.4. The summed E-state index contributed by atoms with van der Waals surface area (Å²) in [6.45, 7) is 7.39. The van der Waals surface area contributed by atoms with E-state index in [0.717, 1.165) is 17.0 Å².